The zero-order valence-electron chi connectivity index (χ0n) is 19.2. The van der Waals surface area contributed by atoms with E-state index in [-0.39, 0.29) is 18.1 Å². The number of unbranched alkanes of at least 4 members (excludes halogenated alkanes) is 8. The molecule has 0 radical (unpaired) electrons. The number of hydrogen-bond acceptors (Lipinski definition) is 5. The van der Waals surface area contributed by atoms with Gasteiger partial charge in [0.25, 0.3) is 0 Å². The van der Waals surface area contributed by atoms with Crippen molar-refractivity contribution in [2.75, 3.05) is 5.43 Å². The molecule has 172 valence electrons. The van der Waals surface area contributed by atoms with Gasteiger partial charge in [-0.1, -0.05) is 114 Å². The van der Waals surface area contributed by atoms with Crippen LogP contribution >= 0.6 is 0 Å². The smallest absolute Gasteiger partial charge is 0.334 e. The van der Waals surface area contributed by atoms with Crippen LogP contribution in [0.15, 0.2) is 34.9 Å². The second-order valence-electron chi connectivity index (χ2n) is 8.12. The van der Waals surface area contributed by atoms with Gasteiger partial charge in [0.1, 0.15) is 0 Å². The molecule has 2 amide bonds. The van der Waals surface area contributed by atoms with Crippen LogP contribution in [-0.4, -0.2) is 22.2 Å². The average Bonchev–Trinajstić information content (AvgIpc) is 3.27. The number of nitrogens with one attached hydrogen (secondary N) is 3. The molecule has 0 saturated carbocycles. The quantitative estimate of drug-likeness (QED) is 0.210. The third-order valence-electron chi connectivity index (χ3n) is 5.39. The predicted molar refractivity (Wildman–Crippen MR) is 126 cm³/mol. The van der Waals surface area contributed by atoms with Gasteiger partial charge in [0.05, 0.1) is 0 Å². The van der Waals surface area contributed by atoms with E-state index in [4.69, 9.17) is 4.52 Å². The molecule has 7 heteroatoms. The summed E-state index contributed by atoms with van der Waals surface area (Å²) in [6.45, 7) is 4.45. The lowest BCUT2D eigenvalue weighted by molar-refractivity contribution is 0.236. The minimum Gasteiger partial charge on any atom is -0.334 e. The Kier molecular flexibility index (Phi) is 12.2. The molecule has 3 N–H and O–H groups in total. The van der Waals surface area contributed by atoms with E-state index in [9.17, 15) is 4.79 Å². The number of carbonyl (C=O) groups excluding carboxylic acids is 1. The van der Waals surface area contributed by atoms with Gasteiger partial charge >= 0.3 is 12.0 Å². The Balaban J connectivity index is 1.75. The number of nitrogens with zero attached hydrogens (tertiary/aromatic N) is 2. The fourth-order valence-corrected chi connectivity index (χ4v) is 3.59. The highest BCUT2D eigenvalue weighted by Crippen LogP contribution is 2.16. The van der Waals surface area contributed by atoms with Crippen LogP contribution in [0.3, 0.4) is 0 Å². The average molecular weight is 430 g/mol. The number of rotatable bonds is 16. The summed E-state index contributed by atoms with van der Waals surface area (Å²) in [4.78, 5) is 16.6. The lowest BCUT2D eigenvalue weighted by Gasteiger charge is -2.19. The largest absolute Gasteiger partial charge is 0.340 e. The second kappa shape index (κ2) is 15.3. The van der Waals surface area contributed by atoms with Gasteiger partial charge in [-0.25, -0.2) is 15.6 Å². The van der Waals surface area contributed by atoms with Gasteiger partial charge in [0.15, 0.2) is 0 Å². The molecule has 1 atom stereocenters. The number of hydrogen-bond donors (Lipinski definition) is 3. The summed E-state index contributed by atoms with van der Waals surface area (Å²) in [5.74, 6) is 0.474. The summed E-state index contributed by atoms with van der Waals surface area (Å²) in [6, 6.07) is 9.63. The third-order valence-corrected chi connectivity index (χ3v) is 5.39. The standard InChI is InChI=1S/C24H39N5O2/c1-3-5-7-9-10-15-19-21(18-14-8-6-4-2)25-23(30)27-28-24-26-22(29-31-24)20-16-12-11-13-17-20/h11-13,16-17,21H,3-10,14-15,18-19H2,1-2H3,(H2,25,27,30)(H,26,28,29). The Morgan fingerprint density at radius 1 is 0.903 bits per heavy atom. The molecule has 1 heterocycles. The highest BCUT2D eigenvalue weighted by atomic mass is 16.5. The molecule has 2 rings (SSSR count). The maximum absolute atomic E-state index is 12.4. The molecule has 1 unspecified atom stereocenters. The van der Waals surface area contributed by atoms with Crippen molar-refractivity contribution in [1.82, 2.24) is 20.9 Å². The van der Waals surface area contributed by atoms with E-state index in [0.29, 0.717) is 5.82 Å². The van der Waals surface area contributed by atoms with Gasteiger partial charge < -0.3 is 9.84 Å². The molecule has 7 nitrogen and oxygen atoms in total. The fraction of sp³-hybridized carbons (Fsp3) is 0.625. The predicted octanol–water partition coefficient (Wildman–Crippen LogP) is 6.45. The SMILES string of the molecule is CCCCCCCCC(CCCCCC)NC(=O)NNc1nc(-c2ccccc2)no1. The summed E-state index contributed by atoms with van der Waals surface area (Å²) in [5, 5.41) is 7.04. The monoisotopic (exact) mass is 429 g/mol. The van der Waals surface area contributed by atoms with Crippen molar-refractivity contribution < 1.29 is 9.32 Å². The molecule has 0 aliphatic carbocycles. The van der Waals surface area contributed by atoms with Crippen molar-refractivity contribution in [1.29, 1.82) is 0 Å². The van der Waals surface area contributed by atoms with Crippen LogP contribution in [0.2, 0.25) is 0 Å². The van der Waals surface area contributed by atoms with E-state index < -0.39 is 0 Å². The lowest BCUT2D eigenvalue weighted by Crippen LogP contribution is -2.44. The van der Waals surface area contributed by atoms with E-state index in [0.717, 1.165) is 31.2 Å². The molecule has 1 aromatic heterocycles. The van der Waals surface area contributed by atoms with E-state index >= 15 is 0 Å². The Hall–Kier alpha value is -2.57. The van der Waals surface area contributed by atoms with Gasteiger partial charge in [-0.2, -0.15) is 4.98 Å². The molecular formula is C24H39N5O2. The highest BCUT2D eigenvalue weighted by Gasteiger charge is 2.13. The summed E-state index contributed by atoms with van der Waals surface area (Å²) < 4.78 is 5.16. The molecule has 0 spiro atoms. The summed E-state index contributed by atoms with van der Waals surface area (Å²) >= 11 is 0. The minimum absolute atomic E-state index is 0.157. The maximum atomic E-state index is 12.4. The normalized spacial score (nSPS) is 11.8. The molecule has 1 aromatic carbocycles. The van der Waals surface area contributed by atoms with Crippen molar-refractivity contribution in [3.63, 3.8) is 0 Å². The molecular weight excluding hydrogens is 390 g/mol. The zero-order chi connectivity index (χ0) is 22.2. The van der Waals surface area contributed by atoms with Crippen LogP contribution in [0.4, 0.5) is 10.8 Å². The number of urea groups is 1. The van der Waals surface area contributed by atoms with Gasteiger partial charge in [-0.05, 0) is 12.8 Å². The van der Waals surface area contributed by atoms with E-state index in [1.807, 2.05) is 30.3 Å². The molecule has 0 bridgehead atoms. The highest BCUT2D eigenvalue weighted by molar-refractivity contribution is 5.75. The Labute approximate surface area is 186 Å². The molecule has 0 saturated heterocycles. The minimum atomic E-state index is -0.272. The van der Waals surface area contributed by atoms with Crippen LogP contribution in [0.25, 0.3) is 11.4 Å². The number of hydrazine groups is 1. The Bertz CT molecular complexity index is 720. The summed E-state index contributed by atoms with van der Waals surface area (Å²) in [5.41, 5.74) is 6.18. The first kappa shape index (κ1) is 24.7. The van der Waals surface area contributed by atoms with Crippen LogP contribution < -0.4 is 16.2 Å². The van der Waals surface area contributed by atoms with E-state index in [1.54, 1.807) is 0 Å². The number of aromatic nitrogens is 2. The lowest BCUT2D eigenvalue weighted by atomic mass is 10.0. The molecule has 0 aliphatic rings. The van der Waals surface area contributed by atoms with Crippen molar-refractivity contribution in [2.45, 2.75) is 96.9 Å². The number of carbonyl (C=O) groups is 1. The van der Waals surface area contributed by atoms with Crippen molar-refractivity contribution in [3.05, 3.63) is 30.3 Å². The molecule has 2 aromatic rings. The number of benzene rings is 1. The second-order valence-corrected chi connectivity index (χ2v) is 8.12. The maximum Gasteiger partial charge on any atom is 0.340 e. The summed E-state index contributed by atoms with van der Waals surface area (Å²) in [7, 11) is 0. The molecule has 0 aliphatic heterocycles. The molecule has 0 fully saturated rings. The zero-order valence-corrected chi connectivity index (χ0v) is 19.2. The van der Waals surface area contributed by atoms with Crippen LogP contribution in [0, 0.1) is 0 Å². The number of amides is 2. The van der Waals surface area contributed by atoms with Crippen molar-refractivity contribution in [2.24, 2.45) is 0 Å². The van der Waals surface area contributed by atoms with Gasteiger partial charge in [0, 0.05) is 11.6 Å². The van der Waals surface area contributed by atoms with Crippen molar-refractivity contribution in [3.8, 4) is 11.4 Å². The first-order valence-corrected chi connectivity index (χ1v) is 11.9. The Morgan fingerprint density at radius 3 is 2.19 bits per heavy atom. The third kappa shape index (κ3) is 10.3. The van der Waals surface area contributed by atoms with Gasteiger partial charge in [0.2, 0.25) is 5.82 Å². The summed E-state index contributed by atoms with van der Waals surface area (Å²) in [6.07, 6.45) is 14.4. The van der Waals surface area contributed by atoms with Gasteiger partial charge in [-0.3, -0.25) is 0 Å². The topological polar surface area (TPSA) is 92.1 Å². The first-order chi connectivity index (χ1) is 15.2. The van der Waals surface area contributed by atoms with E-state index in [1.165, 1.54) is 51.4 Å². The van der Waals surface area contributed by atoms with E-state index in [2.05, 4.69) is 40.2 Å². The van der Waals surface area contributed by atoms with Crippen LogP contribution in [0.1, 0.15) is 90.9 Å². The van der Waals surface area contributed by atoms with Crippen LogP contribution in [-0.2, 0) is 0 Å². The first-order valence-electron chi connectivity index (χ1n) is 11.9. The molecule has 31 heavy (non-hydrogen) atoms. The fourth-order valence-electron chi connectivity index (χ4n) is 3.59. The Morgan fingerprint density at radius 2 is 1.52 bits per heavy atom. The van der Waals surface area contributed by atoms with Crippen molar-refractivity contribution >= 4 is 12.0 Å². The number of anilines is 1. The van der Waals surface area contributed by atoms with Gasteiger partial charge in [-0.15, -0.1) is 0 Å². The van der Waals surface area contributed by atoms with Crippen LogP contribution in [0.5, 0.6) is 0 Å².